The van der Waals surface area contributed by atoms with Crippen molar-refractivity contribution in [2.24, 2.45) is 0 Å². The van der Waals surface area contributed by atoms with Gasteiger partial charge < -0.3 is 24.2 Å². The summed E-state index contributed by atoms with van der Waals surface area (Å²) in [6.45, 7) is 0. The summed E-state index contributed by atoms with van der Waals surface area (Å²) in [6.07, 6.45) is 1.39. The van der Waals surface area contributed by atoms with Gasteiger partial charge in [0.05, 0.1) is 24.0 Å². The first-order valence-electron chi connectivity index (χ1n) is 15.1. The fraction of sp³-hybridized carbons (Fsp3) is 0.0526. The number of thiophene rings is 3. The Bertz CT molecular complexity index is 2360. The zero-order valence-corrected chi connectivity index (χ0v) is 29.9. The molecule has 2 N–H and O–H groups in total. The van der Waals surface area contributed by atoms with Gasteiger partial charge >= 0.3 is 7.60 Å². The molecule has 0 bridgehead atoms. The van der Waals surface area contributed by atoms with E-state index in [-0.39, 0.29) is 5.57 Å². The molecule has 0 fully saturated rings. The van der Waals surface area contributed by atoms with E-state index >= 15 is 0 Å². The number of hydrogen-bond acceptors (Lipinski definition) is 9. The van der Waals surface area contributed by atoms with E-state index < -0.39 is 7.60 Å². The number of ether oxygens (including phenoxy) is 2. The average Bonchev–Trinajstić information content (AvgIpc) is 3.92. The van der Waals surface area contributed by atoms with Crippen LogP contribution in [0.4, 0.5) is 17.1 Å². The van der Waals surface area contributed by atoms with Crippen molar-refractivity contribution < 1.29 is 23.8 Å². The van der Waals surface area contributed by atoms with Crippen LogP contribution in [-0.4, -0.2) is 24.0 Å². The number of hydrogen-bond donors (Lipinski definition) is 2. The fourth-order valence-corrected chi connectivity index (χ4v) is 9.68. The molecule has 3 aromatic carbocycles. The van der Waals surface area contributed by atoms with Crippen LogP contribution in [0.1, 0.15) is 16.0 Å². The predicted molar refractivity (Wildman–Crippen MR) is 202 cm³/mol. The summed E-state index contributed by atoms with van der Waals surface area (Å²) in [5, 5.41) is 19.6. The van der Waals surface area contributed by atoms with Gasteiger partial charge in [0.1, 0.15) is 29.2 Å². The van der Waals surface area contributed by atoms with Crippen LogP contribution in [-0.2, 0) is 4.57 Å². The number of methoxy groups -OCH3 is 2. The minimum atomic E-state index is -4.34. The van der Waals surface area contributed by atoms with Crippen LogP contribution in [0.5, 0.6) is 11.5 Å². The van der Waals surface area contributed by atoms with Gasteiger partial charge in [-0.3, -0.25) is 4.57 Å². The van der Waals surface area contributed by atoms with Crippen molar-refractivity contribution in [1.29, 1.82) is 10.5 Å². The number of anilines is 3. The van der Waals surface area contributed by atoms with Gasteiger partial charge in [-0.2, -0.15) is 10.5 Å². The van der Waals surface area contributed by atoms with Gasteiger partial charge in [-0.05, 0) is 96.6 Å². The fourth-order valence-electron chi connectivity index (χ4n) is 5.75. The highest BCUT2D eigenvalue weighted by Gasteiger charge is 2.32. The molecule has 0 spiro atoms. The van der Waals surface area contributed by atoms with E-state index in [0.29, 0.717) is 10.5 Å². The van der Waals surface area contributed by atoms with E-state index in [1.807, 2.05) is 66.7 Å². The molecular formula is C38H26N3O5PS3. The number of allylic oxidation sites excluding steroid dienone is 1. The monoisotopic (exact) mass is 731 g/mol. The van der Waals surface area contributed by atoms with E-state index in [1.54, 1.807) is 43.0 Å². The first kappa shape index (κ1) is 33.3. The van der Waals surface area contributed by atoms with Crippen molar-refractivity contribution in [1.82, 2.24) is 0 Å². The van der Waals surface area contributed by atoms with E-state index in [4.69, 9.17) is 9.47 Å². The molecule has 3 aromatic heterocycles. The lowest BCUT2D eigenvalue weighted by atomic mass is 10.0. The largest absolute Gasteiger partial charge is 0.497 e. The Morgan fingerprint density at radius 2 is 1.22 bits per heavy atom. The molecule has 6 aromatic rings. The highest BCUT2D eigenvalue weighted by Crippen LogP contribution is 2.56. The van der Waals surface area contributed by atoms with Crippen molar-refractivity contribution in [3.05, 3.63) is 124 Å². The van der Waals surface area contributed by atoms with Crippen LogP contribution in [0, 0.1) is 22.7 Å². The number of fused-ring (bicyclic) bond motifs is 3. The van der Waals surface area contributed by atoms with Crippen molar-refractivity contribution in [3.8, 4) is 53.6 Å². The van der Waals surface area contributed by atoms with Gasteiger partial charge in [-0.1, -0.05) is 12.1 Å². The third-order valence-corrected chi connectivity index (χ3v) is 12.3. The normalized spacial score (nSPS) is 11.9. The van der Waals surface area contributed by atoms with Crippen molar-refractivity contribution >= 4 is 70.3 Å². The lowest BCUT2D eigenvalue weighted by Crippen LogP contribution is -2.09. The maximum atomic E-state index is 11.4. The first-order valence-corrected chi connectivity index (χ1v) is 19.2. The molecule has 0 atom stereocenters. The summed E-state index contributed by atoms with van der Waals surface area (Å²) in [6, 6.07) is 36.3. The predicted octanol–water partition coefficient (Wildman–Crippen LogP) is 10.7. The Morgan fingerprint density at radius 1 is 0.700 bits per heavy atom. The van der Waals surface area contributed by atoms with Crippen LogP contribution < -0.4 is 14.4 Å². The molecular weight excluding hydrogens is 706 g/mol. The lowest BCUT2D eigenvalue weighted by molar-refractivity contribution is 0.386. The summed E-state index contributed by atoms with van der Waals surface area (Å²) in [4.78, 5) is 26.4. The minimum absolute atomic E-state index is 0.00273. The summed E-state index contributed by atoms with van der Waals surface area (Å²) in [5.41, 5.74) is 6.14. The molecule has 0 radical (unpaired) electrons. The van der Waals surface area contributed by atoms with E-state index in [9.17, 15) is 24.9 Å². The third-order valence-electron chi connectivity index (χ3n) is 8.05. The first-order chi connectivity index (χ1) is 24.2. The van der Waals surface area contributed by atoms with E-state index in [0.717, 1.165) is 75.5 Å². The molecule has 0 unspecified atom stereocenters. The topological polar surface area (TPSA) is 127 Å². The second-order valence-electron chi connectivity index (χ2n) is 11.1. The summed E-state index contributed by atoms with van der Waals surface area (Å²) >= 11 is 4.61. The molecule has 8 nitrogen and oxygen atoms in total. The molecule has 0 aliphatic heterocycles. The Kier molecular flexibility index (Phi) is 9.04. The zero-order valence-electron chi connectivity index (χ0n) is 26.5. The Balaban J connectivity index is 1.21. The summed E-state index contributed by atoms with van der Waals surface area (Å²) < 4.78 is 22.2. The molecule has 0 saturated heterocycles. The van der Waals surface area contributed by atoms with Crippen LogP contribution in [0.2, 0.25) is 0 Å². The second kappa shape index (κ2) is 13.6. The molecule has 3 heterocycles. The molecule has 50 heavy (non-hydrogen) atoms. The smallest absolute Gasteiger partial charge is 0.349 e. The second-order valence-corrected chi connectivity index (χ2v) is 15.8. The number of rotatable bonds is 9. The van der Waals surface area contributed by atoms with E-state index in [2.05, 4.69) is 41.3 Å². The van der Waals surface area contributed by atoms with Crippen LogP contribution in [0.25, 0.3) is 41.6 Å². The average molecular weight is 732 g/mol. The van der Waals surface area contributed by atoms with Crippen LogP contribution in [0.3, 0.4) is 0 Å². The van der Waals surface area contributed by atoms with Gasteiger partial charge in [0.2, 0.25) is 0 Å². The Morgan fingerprint density at radius 3 is 1.76 bits per heavy atom. The Labute approximate surface area is 300 Å². The maximum absolute atomic E-state index is 11.4. The molecule has 7 rings (SSSR count). The molecule has 1 aliphatic rings. The van der Waals surface area contributed by atoms with E-state index in [1.165, 1.54) is 17.4 Å². The van der Waals surface area contributed by atoms with Crippen LogP contribution in [0.15, 0.2) is 108 Å². The standard InChI is InChI=1S/C38H26N3O5PS3/c1-45-28-11-7-26(8-12-28)41(27-9-13-29(46-2)14-10-27)25-5-3-23(4-6-25)33-15-16-34(49-33)35-20-32-36(24(21-39)22-40)31-19-30(17-18-47(42,43)44)48-37(31)38(32)50-35/h3-20H,1-2H3,(H2,42,43,44)/b18-17+. The van der Waals surface area contributed by atoms with Crippen molar-refractivity contribution in [2.45, 2.75) is 0 Å². The van der Waals surface area contributed by atoms with Gasteiger partial charge in [-0.15, -0.1) is 34.0 Å². The van der Waals surface area contributed by atoms with Gasteiger partial charge in [0.25, 0.3) is 0 Å². The van der Waals surface area contributed by atoms with Crippen molar-refractivity contribution in [3.63, 3.8) is 0 Å². The molecule has 1 aliphatic carbocycles. The zero-order chi connectivity index (χ0) is 35.0. The number of nitriles is 2. The van der Waals surface area contributed by atoms with Gasteiger partial charge in [0.15, 0.2) is 0 Å². The highest BCUT2D eigenvalue weighted by atomic mass is 32.1. The van der Waals surface area contributed by atoms with Gasteiger partial charge in [-0.25, -0.2) is 0 Å². The molecule has 12 heteroatoms. The minimum Gasteiger partial charge on any atom is -0.497 e. The highest BCUT2D eigenvalue weighted by molar-refractivity contribution is 7.55. The summed E-state index contributed by atoms with van der Waals surface area (Å²) in [5.74, 6) is 2.42. The number of nitrogens with zero attached hydrogens (tertiary/aromatic N) is 3. The maximum Gasteiger partial charge on any atom is 0.349 e. The SMILES string of the molecule is COc1ccc(N(c2ccc(OC)cc2)c2ccc(-c3ccc(-c4cc5c(s4)-c4sc(/C=C/P(=O)(O)O)cc4C5=C(C#N)C#N)s3)cc2)cc1. The lowest BCUT2D eigenvalue weighted by Gasteiger charge is -2.26. The Hall–Kier alpha value is -5.23. The molecule has 0 saturated carbocycles. The molecule has 0 amide bonds. The third kappa shape index (κ3) is 6.42. The summed E-state index contributed by atoms with van der Waals surface area (Å²) in [7, 11) is -1.04. The number of benzene rings is 3. The molecule has 246 valence electrons. The van der Waals surface area contributed by atoms with Crippen LogP contribution >= 0.6 is 41.6 Å². The quantitative estimate of drug-likeness (QED) is 0.111. The van der Waals surface area contributed by atoms with Crippen molar-refractivity contribution in [2.75, 3.05) is 19.1 Å². The van der Waals surface area contributed by atoms with Gasteiger partial charge in [0, 0.05) is 59.1 Å².